The van der Waals surface area contributed by atoms with Gasteiger partial charge in [0.1, 0.15) is 5.82 Å². The highest BCUT2D eigenvalue weighted by Crippen LogP contribution is 2.32. The van der Waals surface area contributed by atoms with Gasteiger partial charge in [0.25, 0.3) is 5.91 Å². The number of methoxy groups -OCH3 is 1. The van der Waals surface area contributed by atoms with Crippen molar-refractivity contribution in [2.45, 2.75) is 38.2 Å². The van der Waals surface area contributed by atoms with E-state index in [1.165, 1.54) is 29.1 Å². The molecule has 1 amide bonds. The standard InChI is InChI=1S/C23H27N3O3S/c1-28-19-12-11-16(15-20(19)29-17-7-2-3-8-17)23(27)25-14-6-13-24-22-18-9-4-5-10-21(18)30-26-22/h4-5,9-12,15,17H,2-3,6-8,13-14H2,1H3,(H,24,26)(H,25,27). The second kappa shape index (κ2) is 9.80. The molecule has 0 bridgehead atoms. The van der Waals surface area contributed by atoms with Crippen LogP contribution in [0.3, 0.4) is 0 Å². The quantitative estimate of drug-likeness (QED) is 0.479. The molecule has 1 heterocycles. The summed E-state index contributed by atoms with van der Waals surface area (Å²) in [6.45, 7) is 1.32. The number of benzene rings is 2. The summed E-state index contributed by atoms with van der Waals surface area (Å²) in [6, 6.07) is 13.5. The monoisotopic (exact) mass is 425 g/mol. The molecule has 4 rings (SSSR count). The molecule has 158 valence electrons. The number of fused-ring (bicyclic) bond motifs is 1. The first-order valence-electron chi connectivity index (χ1n) is 10.5. The van der Waals surface area contributed by atoms with Crippen LogP contribution in [0.15, 0.2) is 42.5 Å². The van der Waals surface area contributed by atoms with Crippen molar-refractivity contribution in [2.24, 2.45) is 0 Å². The molecule has 30 heavy (non-hydrogen) atoms. The maximum Gasteiger partial charge on any atom is 0.251 e. The molecule has 0 radical (unpaired) electrons. The Hall–Kier alpha value is -2.80. The molecule has 7 heteroatoms. The van der Waals surface area contributed by atoms with Gasteiger partial charge < -0.3 is 20.1 Å². The first-order chi connectivity index (χ1) is 14.7. The van der Waals surface area contributed by atoms with Crippen LogP contribution in [0.4, 0.5) is 5.82 Å². The van der Waals surface area contributed by atoms with Crippen molar-refractivity contribution in [3.05, 3.63) is 48.0 Å². The summed E-state index contributed by atoms with van der Waals surface area (Å²) in [7, 11) is 1.62. The van der Waals surface area contributed by atoms with Crippen LogP contribution >= 0.6 is 11.5 Å². The van der Waals surface area contributed by atoms with Crippen molar-refractivity contribution in [1.29, 1.82) is 0 Å². The number of hydrogen-bond donors (Lipinski definition) is 2. The minimum Gasteiger partial charge on any atom is -0.493 e. The maximum atomic E-state index is 12.6. The van der Waals surface area contributed by atoms with Gasteiger partial charge >= 0.3 is 0 Å². The number of aromatic nitrogens is 1. The zero-order chi connectivity index (χ0) is 20.8. The number of anilines is 1. The fourth-order valence-corrected chi connectivity index (χ4v) is 4.46. The van der Waals surface area contributed by atoms with Crippen LogP contribution in [0.25, 0.3) is 10.1 Å². The lowest BCUT2D eigenvalue weighted by atomic mass is 10.1. The number of rotatable bonds is 9. The van der Waals surface area contributed by atoms with Crippen molar-refractivity contribution >= 4 is 33.3 Å². The molecule has 3 aromatic rings. The van der Waals surface area contributed by atoms with Crippen molar-refractivity contribution in [2.75, 3.05) is 25.5 Å². The predicted molar refractivity (Wildman–Crippen MR) is 121 cm³/mol. The Morgan fingerprint density at radius 1 is 1.13 bits per heavy atom. The lowest BCUT2D eigenvalue weighted by Gasteiger charge is -2.16. The third-order valence-electron chi connectivity index (χ3n) is 5.33. The average Bonchev–Trinajstić information content (AvgIpc) is 3.43. The summed E-state index contributed by atoms with van der Waals surface area (Å²) < 4.78 is 17.1. The van der Waals surface area contributed by atoms with Gasteiger partial charge in [-0.05, 0) is 74.0 Å². The summed E-state index contributed by atoms with van der Waals surface area (Å²) in [5, 5.41) is 7.48. The summed E-state index contributed by atoms with van der Waals surface area (Å²) in [5.41, 5.74) is 0.585. The second-order valence-electron chi connectivity index (χ2n) is 7.45. The van der Waals surface area contributed by atoms with Crippen molar-refractivity contribution < 1.29 is 14.3 Å². The Morgan fingerprint density at radius 2 is 1.97 bits per heavy atom. The first-order valence-corrected chi connectivity index (χ1v) is 11.2. The van der Waals surface area contributed by atoms with Crippen LogP contribution in [0.5, 0.6) is 11.5 Å². The third-order valence-corrected chi connectivity index (χ3v) is 6.16. The second-order valence-corrected chi connectivity index (χ2v) is 8.26. The highest BCUT2D eigenvalue weighted by Gasteiger charge is 2.19. The number of nitrogens with one attached hydrogen (secondary N) is 2. The van der Waals surface area contributed by atoms with Crippen LogP contribution in [0.1, 0.15) is 42.5 Å². The van der Waals surface area contributed by atoms with Crippen molar-refractivity contribution in [3.8, 4) is 11.5 Å². The molecule has 1 aliphatic rings. The summed E-state index contributed by atoms with van der Waals surface area (Å²) in [6.07, 6.45) is 5.52. The molecular formula is C23H27N3O3S. The molecule has 0 unspecified atom stereocenters. The van der Waals surface area contributed by atoms with E-state index in [1.807, 2.05) is 12.1 Å². The topological polar surface area (TPSA) is 72.5 Å². The molecule has 2 N–H and O–H groups in total. The highest BCUT2D eigenvalue weighted by atomic mass is 32.1. The van der Waals surface area contributed by atoms with E-state index in [4.69, 9.17) is 9.47 Å². The minimum atomic E-state index is -0.104. The number of carbonyl (C=O) groups is 1. The first kappa shape index (κ1) is 20.5. The van der Waals surface area contributed by atoms with E-state index in [0.29, 0.717) is 23.6 Å². The van der Waals surface area contributed by atoms with Gasteiger partial charge in [-0.1, -0.05) is 12.1 Å². The van der Waals surface area contributed by atoms with E-state index < -0.39 is 0 Å². The Morgan fingerprint density at radius 3 is 2.80 bits per heavy atom. The Labute approximate surface area is 180 Å². The van der Waals surface area contributed by atoms with E-state index in [9.17, 15) is 4.79 Å². The van der Waals surface area contributed by atoms with Crippen LogP contribution in [-0.2, 0) is 0 Å². The highest BCUT2D eigenvalue weighted by molar-refractivity contribution is 7.13. The third kappa shape index (κ3) is 4.84. The van der Waals surface area contributed by atoms with E-state index in [-0.39, 0.29) is 12.0 Å². The predicted octanol–water partition coefficient (Wildman–Crippen LogP) is 4.86. The van der Waals surface area contributed by atoms with Gasteiger partial charge in [0.05, 0.1) is 17.9 Å². The zero-order valence-corrected chi connectivity index (χ0v) is 18.0. The molecule has 1 aromatic heterocycles. The lowest BCUT2D eigenvalue weighted by Crippen LogP contribution is -2.26. The van der Waals surface area contributed by atoms with E-state index in [0.717, 1.165) is 37.0 Å². The normalized spacial score (nSPS) is 14.0. The molecule has 1 fully saturated rings. The van der Waals surface area contributed by atoms with E-state index in [1.54, 1.807) is 25.3 Å². The smallest absolute Gasteiger partial charge is 0.251 e. The number of hydrogen-bond acceptors (Lipinski definition) is 6. The molecule has 0 spiro atoms. The fraction of sp³-hybridized carbons (Fsp3) is 0.391. The lowest BCUT2D eigenvalue weighted by molar-refractivity contribution is 0.0952. The van der Waals surface area contributed by atoms with Crippen LogP contribution in [-0.4, -0.2) is 36.6 Å². The van der Waals surface area contributed by atoms with Crippen LogP contribution in [0, 0.1) is 0 Å². The van der Waals surface area contributed by atoms with Gasteiger partial charge in [-0.2, -0.15) is 4.37 Å². The fourth-order valence-electron chi connectivity index (χ4n) is 3.71. The molecule has 0 saturated heterocycles. The molecule has 1 aliphatic carbocycles. The number of nitrogens with zero attached hydrogens (tertiary/aromatic N) is 1. The van der Waals surface area contributed by atoms with Gasteiger partial charge in [0, 0.05) is 24.0 Å². The summed E-state index contributed by atoms with van der Waals surface area (Å²) in [5.74, 6) is 2.12. The van der Waals surface area contributed by atoms with E-state index >= 15 is 0 Å². The molecule has 2 aromatic carbocycles. The van der Waals surface area contributed by atoms with E-state index in [2.05, 4.69) is 27.1 Å². The largest absolute Gasteiger partial charge is 0.493 e. The number of ether oxygens (including phenoxy) is 2. The number of carbonyl (C=O) groups excluding carboxylic acids is 1. The molecule has 1 saturated carbocycles. The Bertz CT molecular complexity index is 998. The Kier molecular flexibility index (Phi) is 6.69. The Balaban J connectivity index is 1.27. The average molecular weight is 426 g/mol. The zero-order valence-electron chi connectivity index (χ0n) is 17.1. The van der Waals surface area contributed by atoms with Gasteiger partial charge in [-0.15, -0.1) is 0 Å². The molecule has 0 aliphatic heterocycles. The van der Waals surface area contributed by atoms with Gasteiger partial charge in [0.2, 0.25) is 0 Å². The van der Waals surface area contributed by atoms with Gasteiger partial charge in [-0.25, -0.2) is 0 Å². The van der Waals surface area contributed by atoms with Crippen molar-refractivity contribution in [3.63, 3.8) is 0 Å². The maximum absolute atomic E-state index is 12.6. The minimum absolute atomic E-state index is 0.104. The molecular weight excluding hydrogens is 398 g/mol. The number of amides is 1. The van der Waals surface area contributed by atoms with Crippen LogP contribution < -0.4 is 20.1 Å². The molecule has 0 atom stereocenters. The molecule has 6 nitrogen and oxygen atoms in total. The van der Waals surface area contributed by atoms with Gasteiger partial charge in [0.15, 0.2) is 11.5 Å². The summed E-state index contributed by atoms with van der Waals surface area (Å²) in [4.78, 5) is 12.6. The van der Waals surface area contributed by atoms with Crippen molar-refractivity contribution in [1.82, 2.24) is 9.69 Å². The SMILES string of the molecule is COc1ccc(C(=O)NCCCNc2nsc3ccccc23)cc1OC1CCCC1. The van der Waals surface area contributed by atoms with Crippen LogP contribution in [0.2, 0.25) is 0 Å². The van der Waals surface area contributed by atoms with Gasteiger partial charge in [-0.3, -0.25) is 4.79 Å². The summed E-state index contributed by atoms with van der Waals surface area (Å²) >= 11 is 1.49.